The van der Waals surface area contributed by atoms with Crippen LogP contribution in [0.4, 0.5) is 0 Å². The Bertz CT molecular complexity index is 1380. The molecule has 9 heteroatoms. The van der Waals surface area contributed by atoms with E-state index in [1.165, 1.54) is 34.1 Å². The molecule has 2 aliphatic rings. The van der Waals surface area contributed by atoms with Crippen molar-refractivity contribution in [1.82, 2.24) is 10.2 Å². The van der Waals surface area contributed by atoms with Gasteiger partial charge in [-0.3, -0.25) is 24.1 Å². The smallest absolute Gasteiger partial charge is 0.253 e. The molecular formula is C24H18N2O4S3. The summed E-state index contributed by atoms with van der Waals surface area (Å²) in [4.78, 5) is 52.6. The highest BCUT2D eigenvalue weighted by Gasteiger charge is 2.53. The van der Waals surface area contributed by atoms with Crippen molar-refractivity contribution in [1.29, 1.82) is 0 Å². The summed E-state index contributed by atoms with van der Waals surface area (Å²) in [6.45, 7) is 0. The van der Waals surface area contributed by atoms with E-state index in [1.54, 1.807) is 6.07 Å². The first-order valence-electron chi connectivity index (χ1n) is 10.2. The summed E-state index contributed by atoms with van der Waals surface area (Å²) in [5.41, 5.74) is 1.53. The lowest BCUT2D eigenvalue weighted by Crippen LogP contribution is -2.70. The highest BCUT2D eigenvalue weighted by molar-refractivity contribution is 8.00. The molecule has 2 amide bonds. The summed E-state index contributed by atoms with van der Waals surface area (Å²) in [6.07, 6.45) is 0.173. The molecule has 1 N–H and O–H groups in total. The summed E-state index contributed by atoms with van der Waals surface area (Å²) < 4.78 is 0.812. The molecule has 2 aromatic carbocycles. The Morgan fingerprint density at radius 1 is 1.06 bits per heavy atom. The number of hydrogen-bond donors (Lipinski definition) is 2. The first kappa shape index (κ1) is 21.9. The van der Waals surface area contributed by atoms with Gasteiger partial charge in [0, 0.05) is 32.4 Å². The normalized spacial score (nSPS) is 19.8. The molecule has 2 atom stereocenters. The van der Waals surface area contributed by atoms with Crippen LogP contribution in [-0.4, -0.2) is 39.0 Å². The topological polar surface area (TPSA) is 83.6 Å². The Morgan fingerprint density at radius 3 is 2.55 bits per heavy atom. The highest BCUT2D eigenvalue weighted by Crippen LogP contribution is 2.44. The lowest BCUT2D eigenvalue weighted by Gasteiger charge is -2.49. The standard InChI is InChI=1S/C24H18N2O4S3/c27-16-11-18(33-17-9-5-4-8-14(16)17)15-12-32-23-20(22(29)26(23)21(15)24(30)31)25-19(28)10-13-6-2-1-3-7-13/h1-9,11,20,23H,10,12H2,(H,25,28)(H,30,31)/t20?,23-/m1/s1. The maximum absolute atomic E-state index is 13.0. The van der Waals surface area contributed by atoms with Crippen LogP contribution < -0.4 is 10.7 Å². The number of benzene rings is 2. The van der Waals surface area contributed by atoms with Crippen molar-refractivity contribution < 1.29 is 14.4 Å². The van der Waals surface area contributed by atoms with E-state index in [2.05, 4.69) is 17.9 Å². The van der Waals surface area contributed by atoms with Gasteiger partial charge in [-0.15, -0.1) is 23.1 Å². The Balaban J connectivity index is 1.42. The minimum Gasteiger partial charge on any atom is -0.341 e. The second kappa shape index (κ2) is 8.81. The van der Waals surface area contributed by atoms with E-state index >= 15 is 0 Å². The van der Waals surface area contributed by atoms with Gasteiger partial charge in [-0.2, -0.15) is 0 Å². The van der Waals surface area contributed by atoms with Crippen molar-refractivity contribution >= 4 is 68.3 Å². The molecule has 3 aromatic rings. The van der Waals surface area contributed by atoms with E-state index in [9.17, 15) is 19.2 Å². The number of fused-ring (bicyclic) bond motifs is 2. The molecule has 166 valence electrons. The number of nitrogens with one attached hydrogen (secondary N) is 1. The predicted octanol–water partition coefficient (Wildman–Crippen LogP) is 3.07. The number of carbonyl (C=O) groups excluding carboxylic acids is 3. The van der Waals surface area contributed by atoms with Gasteiger partial charge >= 0.3 is 0 Å². The lowest BCUT2D eigenvalue weighted by atomic mass is 10.0. The summed E-state index contributed by atoms with van der Waals surface area (Å²) in [5, 5.41) is 2.50. The van der Waals surface area contributed by atoms with Gasteiger partial charge in [-0.1, -0.05) is 55.1 Å². The van der Waals surface area contributed by atoms with Crippen LogP contribution in [0.5, 0.6) is 0 Å². The molecular weight excluding hydrogens is 476 g/mol. The van der Waals surface area contributed by atoms with E-state index in [0.29, 0.717) is 21.6 Å². The van der Waals surface area contributed by atoms with Crippen LogP contribution in [-0.2, 0) is 20.8 Å². The Hall–Kier alpha value is -2.88. The van der Waals surface area contributed by atoms with Gasteiger partial charge in [0.1, 0.15) is 17.1 Å². The van der Waals surface area contributed by atoms with Crippen LogP contribution in [0.25, 0.3) is 15.7 Å². The summed E-state index contributed by atoms with van der Waals surface area (Å²) >= 11 is 6.89. The van der Waals surface area contributed by atoms with E-state index in [0.717, 1.165) is 10.3 Å². The Kier molecular flexibility index (Phi) is 5.86. The van der Waals surface area contributed by atoms with Crippen molar-refractivity contribution in [2.45, 2.75) is 17.8 Å². The molecule has 6 nitrogen and oxygen atoms in total. The van der Waals surface area contributed by atoms with Gasteiger partial charge in [-0.25, -0.2) is 0 Å². The van der Waals surface area contributed by atoms with Crippen LogP contribution in [0.2, 0.25) is 0 Å². The van der Waals surface area contributed by atoms with Gasteiger partial charge < -0.3 is 5.32 Å². The minimum atomic E-state index is -0.703. The van der Waals surface area contributed by atoms with Gasteiger partial charge in [0.25, 0.3) is 5.91 Å². The molecule has 0 spiro atoms. The Labute approximate surface area is 203 Å². The average molecular weight is 495 g/mol. The number of thioether (sulfide) groups is 1. The zero-order chi connectivity index (χ0) is 23.1. The molecule has 3 heterocycles. The van der Waals surface area contributed by atoms with Crippen LogP contribution in [0.15, 0.2) is 71.2 Å². The second-order valence-electron chi connectivity index (χ2n) is 7.72. The van der Waals surface area contributed by atoms with Crippen LogP contribution in [0, 0.1) is 0 Å². The van der Waals surface area contributed by atoms with Gasteiger partial charge in [0.15, 0.2) is 5.43 Å². The van der Waals surface area contributed by atoms with Crippen molar-refractivity contribution in [3.05, 3.63) is 87.0 Å². The minimum absolute atomic E-state index is 0.133. The quantitative estimate of drug-likeness (QED) is 0.421. The first-order valence-corrected chi connectivity index (χ1v) is 12.5. The van der Waals surface area contributed by atoms with Crippen molar-refractivity contribution in [3.63, 3.8) is 0 Å². The maximum atomic E-state index is 13.0. The second-order valence-corrected chi connectivity index (χ2v) is 10.3. The molecule has 0 saturated carbocycles. The predicted molar refractivity (Wildman–Crippen MR) is 134 cm³/mol. The van der Waals surface area contributed by atoms with Gasteiger partial charge in [-0.05, 0) is 17.7 Å². The third-order valence-electron chi connectivity index (χ3n) is 5.63. The molecule has 5 rings (SSSR count). The van der Waals surface area contributed by atoms with Crippen LogP contribution >= 0.6 is 35.7 Å². The number of hydrogen-bond acceptors (Lipinski definition) is 6. The van der Waals surface area contributed by atoms with Crippen molar-refractivity contribution in [2.24, 2.45) is 0 Å². The summed E-state index contributed by atoms with van der Waals surface area (Å²) in [5.74, 6) is -0.173. The fourth-order valence-electron chi connectivity index (χ4n) is 4.07. The molecule has 1 fully saturated rings. The Morgan fingerprint density at radius 2 is 1.79 bits per heavy atom. The fourth-order valence-corrected chi connectivity index (χ4v) is 6.89. The lowest BCUT2D eigenvalue weighted by molar-refractivity contribution is -0.146. The number of amides is 2. The summed E-state index contributed by atoms with van der Waals surface area (Å²) in [6, 6.07) is 17.4. The van der Waals surface area contributed by atoms with Gasteiger partial charge in [0.05, 0.1) is 6.42 Å². The molecule has 0 bridgehead atoms. The number of thiol groups is 1. The third-order valence-corrected chi connectivity index (χ3v) is 8.28. The van der Waals surface area contributed by atoms with E-state index < -0.39 is 11.2 Å². The zero-order valence-corrected chi connectivity index (χ0v) is 19.7. The summed E-state index contributed by atoms with van der Waals surface area (Å²) in [7, 11) is 0. The molecule has 0 aliphatic carbocycles. The maximum Gasteiger partial charge on any atom is 0.253 e. The largest absolute Gasteiger partial charge is 0.341 e. The van der Waals surface area contributed by atoms with Crippen molar-refractivity contribution in [3.8, 4) is 0 Å². The van der Waals surface area contributed by atoms with E-state index in [-0.39, 0.29) is 34.7 Å². The number of carbonyl (C=O) groups is 3. The van der Waals surface area contributed by atoms with E-state index in [4.69, 9.17) is 0 Å². The monoisotopic (exact) mass is 494 g/mol. The highest BCUT2D eigenvalue weighted by atomic mass is 32.2. The van der Waals surface area contributed by atoms with Gasteiger partial charge in [0.2, 0.25) is 11.0 Å². The molecule has 1 unspecified atom stereocenters. The SMILES string of the molecule is O=C(Cc1ccccc1)NC1C(=O)N2C(C(=O)S)=C(c3cc(=O)c4ccccc4s3)CS[C@H]12. The van der Waals surface area contributed by atoms with Crippen LogP contribution in [0.1, 0.15) is 10.4 Å². The molecule has 0 radical (unpaired) electrons. The molecule has 1 saturated heterocycles. The fraction of sp³-hybridized carbons (Fsp3) is 0.167. The number of β-lactam (4-membered cyclic amide) rings is 1. The third kappa shape index (κ3) is 4.01. The first-order chi connectivity index (χ1) is 15.9. The molecule has 33 heavy (non-hydrogen) atoms. The molecule has 2 aliphatic heterocycles. The number of rotatable bonds is 5. The van der Waals surface area contributed by atoms with Crippen molar-refractivity contribution in [2.75, 3.05) is 5.75 Å². The van der Waals surface area contributed by atoms with E-state index in [1.807, 2.05) is 48.5 Å². The molecule has 1 aromatic heterocycles. The number of nitrogens with zero attached hydrogens (tertiary/aromatic N) is 1. The zero-order valence-electron chi connectivity index (χ0n) is 17.2. The average Bonchev–Trinajstić information content (AvgIpc) is 2.82. The van der Waals surface area contributed by atoms with Crippen LogP contribution in [0.3, 0.4) is 0 Å².